The molecule has 0 saturated heterocycles. The van der Waals surface area contributed by atoms with Crippen LogP contribution in [0, 0.1) is 6.92 Å². The fraction of sp³-hybridized carbons (Fsp3) is 0.344. The Kier molecular flexibility index (Phi) is 9.12. The van der Waals surface area contributed by atoms with Crippen LogP contribution in [0.25, 0.3) is 43.6 Å². The second-order valence-corrected chi connectivity index (χ2v) is 23.7. The molecule has 0 saturated carbocycles. The van der Waals surface area contributed by atoms with Crippen LogP contribution in [0.3, 0.4) is 0 Å². The Balaban J connectivity index is 1.23. The molecule has 1 aromatic heterocycles. The van der Waals surface area contributed by atoms with E-state index in [1.165, 1.54) is 100 Å². The standard InChI is InChI=1S/C61H65BN2O/c1-36-29-46-48(60(9,10)27-25-58(46,5)6)34-51(36)64-54-42-20-16-15-19-39(42)31-44(43-30-37-17-13-14-18-38(37)32-50(43)63-41-23-21-40(22-24-41)57(2,3)4)53(54)62-56-55(64)45-33-47-49(35-52(45)65-56)61(11,12)28-26-59(47,7)8/h13-24,29-35,62-63H,25-28H2,1-12H3. The van der Waals surface area contributed by atoms with E-state index in [2.05, 4.69) is 209 Å². The molecule has 2 heterocycles. The molecular formula is C61H65BN2O. The molecule has 8 aromatic rings. The molecule has 0 bridgehead atoms. The minimum absolute atomic E-state index is 0.0442. The van der Waals surface area contributed by atoms with Gasteiger partial charge >= 0.3 is 0 Å². The monoisotopic (exact) mass is 853 g/mol. The number of furan rings is 1. The highest BCUT2D eigenvalue weighted by Gasteiger charge is 2.42. The van der Waals surface area contributed by atoms with Gasteiger partial charge in [0.15, 0.2) is 0 Å². The molecule has 0 fully saturated rings. The van der Waals surface area contributed by atoms with Crippen LogP contribution in [-0.2, 0) is 27.1 Å². The summed E-state index contributed by atoms with van der Waals surface area (Å²) in [7, 11) is 0.683. The number of nitrogens with one attached hydrogen (secondary N) is 1. The minimum Gasteiger partial charge on any atom is -0.469 e. The van der Waals surface area contributed by atoms with E-state index < -0.39 is 0 Å². The number of hydrogen-bond acceptors (Lipinski definition) is 3. The van der Waals surface area contributed by atoms with Gasteiger partial charge in [-0.05, 0) is 169 Å². The van der Waals surface area contributed by atoms with Crippen LogP contribution in [0.5, 0.6) is 0 Å². The molecule has 3 nitrogen and oxygen atoms in total. The first-order valence-corrected chi connectivity index (χ1v) is 24.2. The van der Waals surface area contributed by atoms with Gasteiger partial charge in [0, 0.05) is 39.1 Å². The molecule has 328 valence electrons. The topological polar surface area (TPSA) is 28.4 Å². The van der Waals surface area contributed by atoms with Crippen molar-refractivity contribution < 1.29 is 4.42 Å². The highest BCUT2D eigenvalue weighted by atomic mass is 16.3. The molecular weight excluding hydrogens is 787 g/mol. The summed E-state index contributed by atoms with van der Waals surface area (Å²) in [6, 6.07) is 44.2. The SMILES string of the molecule is Cc1cc2c(cc1N1c3c(c(-c4cc5ccccc5cc4Nc4ccc(C(C)(C)C)cc4)cc4ccccc34)Bc3oc4cc5c(cc4c31)C(C)(C)CCC5(C)C)C(C)(C)CCC2(C)C. The lowest BCUT2D eigenvalue weighted by atomic mass is 9.60. The number of hydrogen-bond donors (Lipinski definition) is 1. The van der Waals surface area contributed by atoms with E-state index in [0.717, 1.165) is 41.9 Å². The predicted molar refractivity (Wildman–Crippen MR) is 281 cm³/mol. The summed E-state index contributed by atoms with van der Waals surface area (Å²) in [5.74, 6) is 0. The summed E-state index contributed by atoms with van der Waals surface area (Å²) >= 11 is 0. The fourth-order valence-corrected chi connectivity index (χ4v) is 11.8. The molecule has 11 rings (SSSR count). The molecule has 1 N–H and O–H groups in total. The Morgan fingerprint density at radius 2 is 1.09 bits per heavy atom. The first kappa shape index (κ1) is 41.9. The van der Waals surface area contributed by atoms with E-state index in [1.54, 1.807) is 0 Å². The Labute approximate surface area is 387 Å². The molecule has 1 aliphatic heterocycles. The Morgan fingerprint density at radius 3 is 1.72 bits per heavy atom. The Hall–Kier alpha value is -5.74. The number of rotatable bonds is 4. The molecule has 0 spiro atoms. The molecule has 0 atom stereocenters. The van der Waals surface area contributed by atoms with Gasteiger partial charge in [-0.3, -0.25) is 0 Å². The normalized spacial score (nSPS) is 17.9. The molecule has 3 aliphatic rings. The maximum atomic E-state index is 7.33. The van der Waals surface area contributed by atoms with E-state index in [0.29, 0.717) is 7.28 Å². The molecule has 7 aromatic carbocycles. The van der Waals surface area contributed by atoms with Gasteiger partial charge in [-0.2, -0.15) is 0 Å². The summed E-state index contributed by atoms with van der Waals surface area (Å²) in [4.78, 5) is 2.66. The van der Waals surface area contributed by atoms with Crippen molar-refractivity contribution in [3.05, 3.63) is 149 Å². The van der Waals surface area contributed by atoms with Gasteiger partial charge < -0.3 is 14.6 Å². The first-order chi connectivity index (χ1) is 30.7. The quantitative estimate of drug-likeness (QED) is 0.179. The van der Waals surface area contributed by atoms with Crippen molar-refractivity contribution in [2.24, 2.45) is 0 Å². The van der Waals surface area contributed by atoms with Gasteiger partial charge in [0.25, 0.3) is 0 Å². The summed E-state index contributed by atoms with van der Waals surface area (Å²) in [6.45, 7) is 28.7. The van der Waals surface area contributed by atoms with Crippen LogP contribution in [0.2, 0.25) is 0 Å². The zero-order chi connectivity index (χ0) is 45.6. The largest absolute Gasteiger partial charge is 0.469 e. The summed E-state index contributed by atoms with van der Waals surface area (Å²) < 4.78 is 7.33. The second kappa shape index (κ2) is 14.1. The van der Waals surface area contributed by atoms with Gasteiger partial charge in [0.2, 0.25) is 7.28 Å². The molecule has 0 radical (unpaired) electrons. The Morgan fingerprint density at radius 1 is 0.554 bits per heavy atom. The van der Waals surface area contributed by atoms with Gasteiger partial charge in [-0.1, -0.05) is 143 Å². The van der Waals surface area contributed by atoms with E-state index in [1.807, 2.05) is 0 Å². The maximum absolute atomic E-state index is 7.33. The van der Waals surface area contributed by atoms with Crippen LogP contribution in [0.4, 0.5) is 28.4 Å². The second-order valence-electron chi connectivity index (χ2n) is 23.7. The number of fused-ring (bicyclic) bond motifs is 9. The number of aryl methyl sites for hydroxylation is 1. The molecule has 0 amide bonds. The highest BCUT2D eigenvalue weighted by molar-refractivity contribution is 6.73. The van der Waals surface area contributed by atoms with Crippen molar-refractivity contribution in [1.82, 2.24) is 0 Å². The fourth-order valence-electron chi connectivity index (χ4n) is 11.8. The molecule has 65 heavy (non-hydrogen) atoms. The lowest BCUT2D eigenvalue weighted by molar-refractivity contribution is 0.332. The third-order valence-corrected chi connectivity index (χ3v) is 16.2. The summed E-state index contributed by atoms with van der Waals surface area (Å²) in [6.07, 6.45) is 4.67. The number of nitrogens with zero attached hydrogens (tertiary/aromatic N) is 1. The highest BCUT2D eigenvalue weighted by Crippen LogP contribution is 2.54. The van der Waals surface area contributed by atoms with Crippen molar-refractivity contribution in [2.45, 2.75) is 136 Å². The predicted octanol–water partition coefficient (Wildman–Crippen LogP) is 15.6. The van der Waals surface area contributed by atoms with Crippen LogP contribution in [-0.4, -0.2) is 7.28 Å². The third-order valence-electron chi connectivity index (χ3n) is 16.2. The van der Waals surface area contributed by atoms with Gasteiger partial charge in [-0.25, -0.2) is 0 Å². The lowest BCUT2D eigenvalue weighted by Gasteiger charge is -2.43. The maximum Gasteiger partial charge on any atom is 0.244 e. The van der Waals surface area contributed by atoms with E-state index in [-0.39, 0.29) is 27.1 Å². The smallest absolute Gasteiger partial charge is 0.244 e. The van der Waals surface area contributed by atoms with Gasteiger partial charge in [0.05, 0.1) is 11.3 Å². The summed E-state index contributed by atoms with van der Waals surface area (Å²) in [5, 5.41) is 10.1. The zero-order valence-corrected chi connectivity index (χ0v) is 40.9. The number of benzene rings is 7. The van der Waals surface area contributed by atoms with E-state index in [9.17, 15) is 0 Å². The lowest BCUT2D eigenvalue weighted by Crippen LogP contribution is -2.41. The van der Waals surface area contributed by atoms with Crippen LogP contribution in [0.15, 0.2) is 120 Å². The third kappa shape index (κ3) is 6.67. The summed E-state index contributed by atoms with van der Waals surface area (Å²) in [5.41, 5.74) is 20.4. The minimum atomic E-state index is 0.0442. The van der Waals surface area contributed by atoms with Crippen molar-refractivity contribution in [1.29, 1.82) is 0 Å². The van der Waals surface area contributed by atoms with Crippen molar-refractivity contribution in [3.63, 3.8) is 0 Å². The van der Waals surface area contributed by atoms with Crippen molar-refractivity contribution in [2.75, 3.05) is 10.2 Å². The van der Waals surface area contributed by atoms with Gasteiger partial charge in [0.1, 0.15) is 5.58 Å². The molecule has 2 aliphatic carbocycles. The van der Waals surface area contributed by atoms with Crippen molar-refractivity contribution in [3.8, 4) is 11.1 Å². The zero-order valence-electron chi connectivity index (χ0n) is 40.9. The average molecular weight is 853 g/mol. The first-order valence-electron chi connectivity index (χ1n) is 24.2. The Bertz CT molecular complexity index is 3260. The van der Waals surface area contributed by atoms with Crippen molar-refractivity contribution >= 4 is 79.4 Å². The number of anilines is 5. The van der Waals surface area contributed by atoms with E-state index >= 15 is 0 Å². The van der Waals surface area contributed by atoms with Crippen LogP contribution < -0.4 is 21.3 Å². The molecule has 0 unspecified atom stereocenters. The van der Waals surface area contributed by atoms with Gasteiger partial charge in [-0.15, -0.1) is 0 Å². The molecule has 4 heteroatoms. The van der Waals surface area contributed by atoms with Crippen LogP contribution in [0.1, 0.15) is 135 Å². The van der Waals surface area contributed by atoms with E-state index in [4.69, 9.17) is 4.42 Å². The average Bonchev–Trinajstić information content (AvgIpc) is 3.62. The van der Waals surface area contributed by atoms with Crippen LogP contribution >= 0.6 is 0 Å².